The van der Waals surface area contributed by atoms with E-state index in [0.717, 1.165) is 0 Å². The molecule has 0 bridgehead atoms. The summed E-state index contributed by atoms with van der Waals surface area (Å²) in [4.78, 5) is 10.4. The zero-order chi connectivity index (χ0) is 10.1. The highest BCUT2D eigenvalue weighted by Gasteiger charge is 1.95. The summed E-state index contributed by atoms with van der Waals surface area (Å²) >= 11 is 0. The summed E-state index contributed by atoms with van der Waals surface area (Å²) in [5.41, 5.74) is 4.94. The number of amides is 1. The first-order valence-electron chi connectivity index (χ1n) is 4.07. The summed E-state index contributed by atoms with van der Waals surface area (Å²) in [6, 6.07) is 0. The van der Waals surface area contributed by atoms with Crippen molar-refractivity contribution >= 4 is 5.91 Å². The van der Waals surface area contributed by atoms with Crippen molar-refractivity contribution in [2.75, 3.05) is 6.61 Å². The molecule has 0 rings (SSSR count). The van der Waals surface area contributed by atoms with E-state index in [1.54, 1.807) is 12.2 Å². The lowest BCUT2D eigenvalue weighted by Crippen LogP contribution is -2.13. The van der Waals surface area contributed by atoms with Crippen LogP contribution in [0.3, 0.4) is 0 Å². The van der Waals surface area contributed by atoms with Crippen LogP contribution in [0.15, 0.2) is 36.6 Å². The molecule has 0 fully saturated rings. The Balaban J connectivity index is 3.85. The monoisotopic (exact) mass is 181 g/mol. The predicted octanol–water partition coefficient (Wildman–Crippen LogP) is 1.52. The van der Waals surface area contributed by atoms with Crippen molar-refractivity contribution in [2.45, 2.75) is 13.3 Å². The Morgan fingerprint density at radius 2 is 2.31 bits per heavy atom. The molecule has 0 atom stereocenters. The zero-order valence-electron chi connectivity index (χ0n) is 7.82. The maximum Gasteiger partial charge on any atom is 0.220 e. The van der Waals surface area contributed by atoms with Crippen LogP contribution in [0.2, 0.25) is 0 Å². The second-order valence-electron chi connectivity index (χ2n) is 2.36. The standard InChI is InChI=1S/C10H15NO2/c1-3-5-6-9(4-2)13-8-7-10(11)12/h3-6H,2,7-8H2,1H3,(H2,11,12)/b5-3+,9-6+. The van der Waals surface area contributed by atoms with Gasteiger partial charge >= 0.3 is 0 Å². The molecule has 0 radical (unpaired) electrons. The van der Waals surface area contributed by atoms with Gasteiger partial charge in [0.1, 0.15) is 5.76 Å². The average Bonchev–Trinajstić information content (AvgIpc) is 2.10. The third-order valence-electron chi connectivity index (χ3n) is 1.27. The molecule has 0 aliphatic rings. The molecule has 0 aromatic rings. The van der Waals surface area contributed by atoms with E-state index in [4.69, 9.17) is 10.5 Å². The molecule has 3 heteroatoms. The summed E-state index contributed by atoms with van der Waals surface area (Å²) in [6.45, 7) is 5.77. The molecule has 0 aromatic carbocycles. The fourth-order valence-corrected chi connectivity index (χ4v) is 0.636. The van der Waals surface area contributed by atoms with E-state index in [1.807, 2.05) is 19.1 Å². The molecule has 0 saturated heterocycles. The first-order chi connectivity index (χ1) is 6.20. The van der Waals surface area contributed by atoms with Crippen LogP contribution < -0.4 is 5.73 Å². The third-order valence-corrected chi connectivity index (χ3v) is 1.27. The SMILES string of the molecule is C=C/C(=C\C=C\C)OCCC(N)=O. The minimum absolute atomic E-state index is 0.223. The van der Waals surface area contributed by atoms with Gasteiger partial charge in [0.25, 0.3) is 0 Å². The van der Waals surface area contributed by atoms with Crippen LogP contribution in [0.25, 0.3) is 0 Å². The smallest absolute Gasteiger partial charge is 0.220 e. The highest BCUT2D eigenvalue weighted by Crippen LogP contribution is 1.99. The van der Waals surface area contributed by atoms with Gasteiger partial charge in [0.15, 0.2) is 0 Å². The first kappa shape index (κ1) is 11.5. The molecule has 13 heavy (non-hydrogen) atoms. The summed E-state index contributed by atoms with van der Waals surface area (Å²) in [5, 5.41) is 0. The second-order valence-corrected chi connectivity index (χ2v) is 2.36. The summed E-state index contributed by atoms with van der Waals surface area (Å²) < 4.78 is 5.20. The molecule has 0 heterocycles. The van der Waals surface area contributed by atoms with Crippen LogP contribution in [0, 0.1) is 0 Å². The largest absolute Gasteiger partial charge is 0.493 e. The van der Waals surface area contributed by atoms with Crippen molar-refractivity contribution < 1.29 is 9.53 Å². The van der Waals surface area contributed by atoms with Gasteiger partial charge in [-0.3, -0.25) is 4.79 Å². The summed E-state index contributed by atoms with van der Waals surface area (Å²) in [5.74, 6) is 0.272. The number of carbonyl (C=O) groups is 1. The molecule has 0 aliphatic carbocycles. The maximum atomic E-state index is 10.4. The third kappa shape index (κ3) is 6.87. The van der Waals surface area contributed by atoms with Gasteiger partial charge in [-0.2, -0.15) is 0 Å². The van der Waals surface area contributed by atoms with Gasteiger partial charge in [0.05, 0.1) is 13.0 Å². The molecule has 1 amide bonds. The molecular formula is C10H15NO2. The predicted molar refractivity (Wildman–Crippen MR) is 52.9 cm³/mol. The van der Waals surface area contributed by atoms with Crippen molar-refractivity contribution in [3.8, 4) is 0 Å². The van der Waals surface area contributed by atoms with Crippen LogP contribution in [-0.4, -0.2) is 12.5 Å². The number of nitrogens with two attached hydrogens (primary N) is 1. The van der Waals surface area contributed by atoms with Gasteiger partial charge < -0.3 is 10.5 Å². The van der Waals surface area contributed by atoms with Crippen LogP contribution in [-0.2, 0) is 9.53 Å². The van der Waals surface area contributed by atoms with E-state index in [0.29, 0.717) is 12.4 Å². The summed E-state index contributed by atoms with van der Waals surface area (Å²) in [7, 11) is 0. The maximum absolute atomic E-state index is 10.4. The number of carbonyl (C=O) groups excluding carboxylic acids is 1. The molecular weight excluding hydrogens is 166 g/mol. The molecule has 0 unspecified atom stereocenters. The topological polar surface area (TPSA) is 52.3 Å². The second kappa shape index (κ2) is 7.16. The Labute approximate surface area is 78.6 Å². The Kier molecular flexibility index (Phi) is 6.32. The molecule has 0 aromatic heterocycles. The highest BCUT2D eigenvalue weighted by atomic mass is 16.5. The highest BCUT2D eigenvalue weighted by molar-refractivity contribution is 5.73. The molecule has 0 saturated carbocycles. The van der Waals surface area contributed by atoms with Gasteiger partial charge in [-0.25, -0.2) is 0 Å². The van der Waals surface area contributed by atoms with E-state index in [2.05, 4.69) is 6.58 Å². The number of hydrogen-bond acceptors (Lipinski definition) is 2. The Hall–Kier alpha value is -1.51. The lowest BCUT2D eigenvalue weighted by molar-refractivity contribution is -0.118. The minimum atomic E-state index is -0.366. The lowest BCUT2D eigenvalue weighted by Gasteiger charge is -2.03. The number of rotatable bonds is 6. The lowest BCUT2D eigenvalue weighted by atomic mass is 10.4. The van der Waals surface area contributed by atoms with Gasteiger partial charge in [0, 0.05) is 0 Å². The van der Waals surface area contributed by atoms with E-state index in [1.165, 1.54) is 0 Å². The Morgan fingerprint density at radius 1 is 1.62 bits per heavy atom. The van der Waals surface area contributed by atoms with E-state index in [-0.39, 0.29) is 12.3 Å². The zero-order valence-corrected chi connectivity index (χ0v) is 7.82. The molecule has 72 valence electrons. The molecule has 2 N–H and O–H groups in total. The van der Waals surface area contributed by atoms with E-state index >= 15 is 0 Å². The van der Waals surface area contributed by atoms with E-state index in [9.17, 15) is 4.79 Å². The van der Waals surface area contributed by atoms with Gasteiger partial charge in [-0.1, -0.05) is 18.7 Å². The van der Waals surface area contributed by atoms with E-state index < -0.39 is 0 Å². The van der Waals surface area contributed by atoms with Gasteiger partial charge in [0.2, 0.25) is 5.91 Å². The molecule has 3 nitrogen and oxygen atoms in total. The average molecular weight is 181 g/mol. The first-order valence-corrected chi connectivity index (χ1v) is 4.07. The van der Waals surface area contributed by atoms with Gasteiger partial charge in [-0.15, -0.1) is 0 Å². The number of allylic oxidation sites excluding steroid dienone is 4. The number of primary amides is 1. The van der Waals surface area contributed by atoms with Crippen molar-refractivity contribution in [3.63, 3.8) is 0 Å². The Bertz CT molecular complexity index is 229. The van der Waals surface area contributed by atoms with Crippen LogP contribution in [0.1, 0.15) is 13.3 Å². The van der Waals surface area contributed by atoms with Crippen molar-refractivity contribution in [3.05, 3.63) is 36.6 Å². The fourth-order valence-electron chi connectivity index (χ4n) is 0.636. The van der Waals surface area contributed by atoms with Crippen molar-refractivity contribution in [2.24, 2.45) is 5.73 Å². The van der Waals surface area contributed by atoms with Crippen LogP contribution in [0.5, 0.6) is 0 Å². The minimum Gasteiger partial charge on any atom is -0.493 e. The normalized spacial score (nSPS) is 11.6. The summed E-state index contributed by atoms with van der Waals surface area (Å²) in [6.07, 6.45) is 7.29. The molecule has 0 spiro atoms. The van der Waals surface area contributed by atoms with Crippen LogP contribution >= 0.6 is 0 Å². The van der Waals surface area contributed by atoms with Crippen molar-refractivity contribution in [1.82, 2.24) is 0 Å². The van der Waals surface area contributed by atoms with Crippen molar-refractivity contribution in [1.29, 1.82) is 0 Å². The molecule has 0 aliphatic heterocycles. The Morgan fingerprint density at radius 3 is 2.77 bits per heavy atom. The number of ether oxygens (including phenoxy) is 1. The quantitative estimate of drug-likeness (QED) is 0.499. The number of hydrogen-bond donors (Lipinski definition) is 1. The van der Waals surface area contributed by atoms with Crippen LogP contribution in [0.4, 0.5) is 0 Å². The fraction of sp³-hybridized carbons (Fsp3) is 0.300. The van der Waals surface area contributed by atoms with Gasteiger partial charge in [-0.05, 0) is 19.1 Å².